The second-order valence-corrected chi connectivity index (χ2v) is 8.43. The van der Waals surface area contributed by atoms with Gasteiger partial charge < -0.3 is 19.8 Å². The van der Waals surface area contributed by atoms with Crippen LogP contribution in [0.25, 0.3) is 11.0 Å². The minimum Gasteiger partial charge on any atom is -0.460 e. The van der Waals surface area contributed by atoms with Gasteiger partial charge in [0.05, 0.1) is 11.4 Å². The molecule has 1 aliphatic carbocycles. The van der Waals surface area contributed by atoms with Crippen LogP contribution in [-0.2, 0) is 4.74 Å². The van der Waals surface area contributed by atoms with Gasteiger partial charge in [0.2, 0.25) is 0 Å². The Labute approximate surface area is 174 Å². The molecule has 3 heterocycles. The van der Waals surface area contributed by atoms with Crippen molar-refractivity contribution in [3.05, 3.63) is 10.4 Å². The number of nitrogen functional groups attached to an aromatic ring is 1. The van der Waals surface area contributed by atoms with E-state index in [4.69, 9.17) is 15.2 Å². The number of fused-ring (bicyclic) bond motifs is 1. The number of aromatic nitrogens is 4. The summed E-state index contributed by atoms with van der Waals surface area (Å²) in [7, 11) is 0. The van der Waals surface area contributed by atoms with Gasteiger partial charge >= 0.3 is 6.01 Å². The van der Waals surface area contributed by atoms with Crippen LogP contribution in [-0.4, -0.2) is 41.8 Å². The van der Waals surface area contributed by atoms with Gasteiger partial charge in [-0.25, -0.2) is 4.68 Å². The molecule has 0 bridgehead atoms. The highest BCUT2D eigenvalue weighted by Gasteiger charge is 2.37. The summed E-state index contributed by atoms with van der Waals surface area (Å²) in [5.74, 6) is 0.793. The van der Waals surface area contributed by atoms with Crippen molar-refractivity contribution in [2.24, 2.45) is 5.92 Å². The van der Waals surface area contributed by atoms with Crippen LogP contribution in [0.5, 0.6) is 6.01 Å². The minimum atomic E-state index is -0.544. The standard InChI is InChI=1S/C17H25N5O4S.C2H6/c1-8-3-5-10(6-4-8)26-17-19-13(18)12-14(20-17)22(21-15(12)23)16-11(27-24)7-9(2)25-16;1-2/h8-11,16,24H,3-7H2,1-2H3,(H,21,23)(H2,18,19,20);1-2H3/t8?,9?,10?,11-,16?;/m1./s1. The van der Waals surface area contributed by atoms with E-state index in [-0.39, 0.29) is 40.2 Å². The first-order chi connectivity index (χ1) is 14.0. The monoisotopic (exact) mass is 425 g/mol. The lowest BCUT2D eigenvalue weighted by Crippen LogP contribution is -2.24. The summed E-state index contributed by atoms with van der Waals surface area (Å²) in [6.07, 6.45) is 4.26. The average molecular weight is 426 g/mol. The third-order valence-corrected chi connectivity index (χ3v) is 6.15. The lowest BCUT2D eigenvalue weighted by atomic mass is 9.89. The maximum atomic E-state index is 12.4. The van der Waals surface area contributed by atoms with Crippen LogP contribution < -0.4 is 16.0 Å². The lowest BCUT2D eigenvalue weighted by Gasteiger charge is -2.26. The summed E-state index contributed by atoms with van der Waals surface area (Å²) in [5.41, 5.74) is 5.99. The van der Waals surface area contributed by atoms with Gasteiger partial charge in [0.25, 0.3) is 5.56 Å². The molecular weight excluding hydrogens is 394 g/mol. The zero-order valence-electron chi connectivity index (χ0n) is 17.4. The molecular formula is C19H31N5O4S. The molecule has 1 saturated carbocycles. The summed E-state index contributed by atoms with van der Waals surface area (Å²) >= 11 is 0.720. The van der Waals surface area contributed by atoms with Crippen LogP contribution in [0.4, 0.5) is 5.82 Å². The Kier molecular flexibility index (Phi) is 7.07. The van der Waals surface area contributed by atoms with Crippen molar-refractivity contribution in [2.45, 2.75) is 83.5 Å². The first-order valence-corrected chi connectivity index (χ1v) is 11.2. The van der Waals surface area contributed by atoms with Crippen molar-refractivity contribution >= 4 is 28.9 Å². The molecule has 4 N–H and O–H groups in total. The van der Waals surface area contributed by atoms with Crippen LogP contribution >= 0.6 is 12.0 Å². The molecule has 9 nitrogen and oxygen atoms in total. The topological polar surface area (TPSA) is 128 Å². The molecule has 2 aromatic rings. The number of rotatable bonds is 4. The minimum absolute atomic E-state index is 0.0419. The Morgan fingerprint density at radius 1 is 1.24 bits per heavy atom. The summed E-state index contributed by atoms with van der Waals surface area (Å²) in [4.78, 5) is 21.0. The van der Waals surface area contributed by atoms with E-state index in [0.717, 1.165) is 37.7 Å². The number of nitrogens with two attached hydrogens (primary N) is 1. The molecule has 4 rings (SSSR count). The van der Waals surface area contributed by atoms with E-state index in [2.05, 4.69) is 22.0 Å². The molecule has 0 aromatic carbocycles. The lowest BCUT2D eigenvalue weighted by molar-refractivity contribution is 0.00684. The van der Waals surface area contributed by atoms with E-state index in [1.54, 1.807) is 0 Å². The normalized spacial score (nSPS) is 29.5. The molecule has 29 heavy (non-hydrogen) atoms. The summed E-state index contributed by atoms with van der Waals surface area (Å²) in [6, 6.07) is 0.173. The molecule has 2 fully saturated rings. The van der Waals surface area contributed by atoms with Gasteiger partial charge in [0.1, 0.15) is 17.3 Å². The van der Waals surface area contributed by atoms with Crippen LogP contribution in [0.15, 0.2) is 4.79 Å². The van der Waals surface area contributed by atoms with Crippen molar-refractivity contribution in [3.8, 4) is 6.01 Å². The molecule has 2 aromatic heterocycles. The van der Waals surface area contributed by atoms with Crippen LogP contribution in [0, 0.1) is 5.92 Å². The number of nitrogens with zero attached hydrogens (tertiary/aromatic N) is 3. The first kappa shape index (κ1) is 21.9. The van der Waals surface area contributed by atoms with Crippen molar-refractivity contribution < 1.29 is 14.0 Å². The van der Waals surface area contributed by atoms with Crippen molar-refractivity contribution in [3.63, 3.8) is 0 Å². The largest absolute Gasteiger partial charge is 0.460 e. The molecule has 1 saturated heterocycles. The van der Waals surface area contributed by atoms with Crippen molar-refractivity contribution in [1.29, 1.82) is 0 Å². The Morgan fingerprint density at radius 2 is 1.93 bits per heavy atom. The quantitative estimate of drug-likeness (QED) is 0.634. The molecule has 0 spiro atoms. The van der Waals surface area contributed by atoms with Crippen molar-refractivity contribution in [2.75, 3.05) is 5.73 Å². The third-order valence-electron chi connectivity index (χ3n) is 5.45. The van der Waals surface area contributed by atoms with E-state index in [9.17, 15) is 9.35 Å². The van der Waals surface area contributed by atoms with Gasteiger partial charge in [-0.2, -0.15) is 9.97 Å². The molecule has 3 atom stereocenters. The Balaban J connectivity index is 0.00000117. The maximum absolute atomic E-state index is 12.4. The zero-order valence-corrected chi connectivity index (χ0v) is 18.2. The van der Waals surface area contributed by atoms with E-state index in [0.29, 0.717) is 18.0 Å². The van der Waals surface area contributed by atoms with E-state index < -0.39 is 6.23 Å². The van der Waals surface area contributed by atoms with Gasteiger partial charge in [-0.3, -0.25) is 9.89 Å². The highest BCUT2D eigenvalue weighted by atomic mass is 32.2. The highest BCUT2D eigenvalue weighted by Crippen LogP contribution is 2.37. The number of hydrogen-bond acceptors (Lipinski definition) is 8. The second-order valence-electron chi connectivity index (χ2n) is 7.62. The number of anilines is 1. The number of nitrogens with one attached hydrogen (secondary N) is 1. The van der Waals surface area contributed by atoms with Gasteiger partial charge in [-0.1, -0.05) is 20.8 Å². The second kappa shape index (κ2) is 9.36. The highest BCUT2D eigenvalue weighted by molar-refractivity contribution is 7.94. The zero-order chi connectivity index (χ0) is 21.1. The number of hydrogen-bond donors (Lipinski definition) is 3. The van der Waals surface area contributed by atoms with Gasteiger partial charge in [0, 0.05) is 0 Å². The number of H-pyrrole nitrogens is 1. The number of ether oxygens (including phenoxy) is 2. The summed E-state index contributed by atoms with van der Waals surface area (Å²) in [5, 5.41) is 2.73. The maximum Gasteiger partial charge on any atom is 0.320 e. The molecule has 2 aliphatic rings. The Morgan fingerprint density at radius 3 is 2.59 bits per heavy atom. The fraction of sp³-hybridized carbons (Fsp3) is 0.737. The van der Waals surface area contributed by atoms with E-state index >= 15 is 0 Å². The van der Waals surface area contributed by atoms with E-state index in [1.165, 1.54) is 4.68 Å². The smallest absolute Gasteiger partial charge is 0.320 e. The van der Waals surface area contributed by atoms with Gasteiger partial charge in [0.15, 0.2) is 11.9 Å². The molecule has 0 radical (unpaired) electrons. The predicted octanol–water partition coefficient (Wildman–Crippen LogP) is 3.57. The van der Waals surface area contributed by atoms with Crippen LogP contribution in [0.1, 0.15) is 66.0 Å². The molecule has 1 aliphatic heterocycles. The van der Waals surface area contributed by atoms with Crippen LogP contribution in [0.2, 0.25) is 0 Å². The first-order valence-electron chi connectivity index (χ1n) is 10.4. The summed E-state index contributed by atoms with van der Waals surface area (Å²) in [6.45, 7) is 8.17. The SMILES string of the molecule is CC.CC1CCC(Oc2nc(N)c3c(=O)[nH]n(C4OC(C)C[C@H]4SO)c3n2)CC1. The van der Waals surface area contributed by atoms with E-state index in [1.807, 2.05) is 20.8 Å². The average Bonchev–Trinajstić information content (AvgIpc) is 3.25. The molecule has 162 valence electrons. The fourth-order valence-electron chi connectivity index (χ4n) is 3.94. The summed E-state index contributed by atoms with van der Waals surface area (Å²) < 4.78 is 23.0. The molecule has 10 heteroatoms. The molecule has 0 amide bonds. The number of aromatic amines is 1. The van der Waals surface area contributed by atoms with Crippen LogP contribution in [0.3, 0.4) is 0 Å². The van der Waals surface area contributed by atoms with Gasteiger partial charge in [-0.15, -0.1) is 0 Å². The molecule has 2 unspecified atom stereocenters. The third kappa shape index (κ3) is 4.54. The Bertz CT molecular complexity index is 877. The predicted molar refractivity (Wildman–Crippen MR) is 114 cm³/mol. The van der Waals surface area contributed by atoms with Gasteiger partial charge in [-0.05, 0) is 57.0 Å². The van der Waals surface area contributed by atoms with Crippen molar-refractivity contribution in [1.82, 2.24) is 19.7 Å². The Hall–Kier alpha value is -1.78. The fourth-order valence-corrected chi connectivity index (χ4v) is 4.58.